The van der Waals surface area contributed by atoms with Crippen molar-refractivity contribution in [2.75, 3.05) is 13.7 Å². The van der Waals surface area contributed by atoms with E-state index >= 15 is 0 Å². The number of ether oxygens (including phenoxy) is 1. The van der Waals surface area contributed by atoms with Gasteiger partial charge in [0, 0.05) is 12.5 Å². The predicted octanol–water partition coefficient (Wildman–Crippen LogP) is 0.557. The highest BCUT2D eigenvalue weighted by Crippen LogP contribution is 2.05. The van der Waals surface area contributed by atoms with Gasteiger partial charge in [-0.2, -0.15) is 0 Å². The Balaban J connectivity index is 4.30. The molecule has 0 saturated carbocycles. The molecule has 0 aromatic rings. The minimum atomic E-state index is -0.504. The molecule has 94 valence electrons. The van der Waals surface area contributed by atoms with E-state index in [1.54, 1.807) is 6.92 Å². The second-order valence-corrected chi connectivity index (χ2v) is 4.08. The van der Waals surface area contributed by atoms with E-state index in [1.807, 2.05) is 13.8 Å². The van der Waals surface area contributed by atoms with Crippen molar-refractivity contribution in [1.29, 1.82) is 0 Å². The molecule has 1 amide bonds. The molecule has 16 heavy (non-hydrogen) atoms. The molecule has 0 bridgehead atoms. The fourth-order valence-corrected chi connectivity index (χ4v) is 1.24. The summed E-state index contributed by atoms with van der Waals surface area (Å²) in [6.45, 7) is 5.27. The molecule has 0 radical (unpaired) electrons. The van der Waals surface area contributed by atoms with Crippen LogP contribution in [0.1, 0.15) is 33.6 Å². The third-order valence-electron chi connectivity index (χ3n) is 2.25. The fourth-order valence-electron chi connectivity index (χ4n) is 1.24. The van der Waals surface area contributed by atoms with E-state index in [0.717, 1.165) is 0 Å². The van der Waals surface area contributed by atoms with Crippen LogP contribution in [-0.4, -0.2) is 47.7 Å². The summed E-state index contributed by atoms with van der Waals surface area (Å²) in [6.07, 6.45) is 0.145. The molecule has 0 aliphatic heterocycles. The number of nitrogens with zero attached hydrogens (tertiary/aromatic N) is 1. The van der Waals surface area contributed by atoms with Crippen LogP contribution in [0.3, 0.4) is 0 Å². The first-order chi connectivity index (χ1) is 7.38. The van der Waals surface area contributed by atoms with Crippen LogP contribution in [-0.2, 0) is 14.3 Å². The lowest BCUT2D eigenvalue weighted by atomic mass is 10.2. The van der Waals surface area contributed by atoms with Gasteiger partial charge >= 0.3 is 5.97 Å². The Morgan fingerprint density at radius 1 is 1.31 bits per heavy atom. The number of aliphatic hydroxyl groups is 1. The van der Waals surface area contributed by atoms with Crippen LogP contribution in [0, 0.1) is 0 Å². The Morgan fingerprint density at radius 2 is 1.88 bits per heavy atom. The third kappa shape index (κ3) is 5.70. The van der Waals surface area contributed by atoms with Crippen molar-refractivity contribution in [2.24, 2.45) is 0 Å². The smallest absolute Gasteiger partial charge is 0.325 e. The zero-order valence-electron chi connectivity index (χ0n) is 10.4. The molecule has 0 fully saturated rings. The van der Waals surface area contributed by atoms with Crippen molar-refractivity contribution >= 4 is 11.9 Å². The number of carbonyl (C=O) groups is 2. The summed E-state index contributed by atoms with van der Waals surface area (Å²) in [5, 5.41) is 9.09. The predicted molar refractivity (Wildman–Crippen MR) is 59.8 cm³/mol. The first-order valence-corrected chi connectivity index (χ1v) is 5.42. The highest BCUT2D eigenvalue weighted by molar-refractivity contribution is 5.82. The first-order valence-electron chi connectivity index (χ1n) is 5.42. The molecule has 5 nitrogen and oxygen atoms in total. The van der Waals surface area contributed by atoms with Crippen molar-refractivity contribution < 1.29 is 19.4 Å². The lowest BCUT2D eigenvalue weighted by Gasteiger charge is -2.25. The topological polar surface area (TPSA) is 66.8 Å². The first kappa shape index (κ1) is 14.9. The van der Waals surface area contributed by atoms with Crippen molar-refractivity contribution in [1.82, 2.24) is 4.90 Å². The molecule has 0 spiro atoms. The van der Waals surface area contributed by atoms with Gasteiger partial charge in [0.05, 0.1) is 13.2 Å². The van der Waals surface area contributed by atoms with Gasteiger partial charge in [-0.1, -0.05) is 0 Å². The monoisotopic (exact) mass is 231 g/mol. The Hall–Kier alpha value is -1.10. The zero-order valence-corrected chi connectivity index (χ0v) is 10.4. The number of esters is 1. The van der Waals surface area contributed by atoms with Crippen LogP contribution in [0.4, 0.5) is 0 Å². The number of rotatable bonds is 6. The number of methoxy groups -OCH3 is 1. The summed E-state index contributed by atoms with van der Waals surface area (Å²) < 4.78 is 4.52. The van der Waals surface area contributed by atoms with Crippen LogP contribution in [0.15, 0.2) is 0 Å². The largest absolute Gasteiger partial charge is 0.468 e. The van der Waals surface area contributed by atoms with Gasteiger partial charge in [0.25, 0.3) is 0 Å². The lowest BCUT2D eigenvalue weighted by molar-refractivity contribution is -0.148. The molecule has 0 aromatic carbocycles. The number of aliphatic hydroxyl groups excluding tert-OH is 1. The van der Waals surface area contributed by atoms with Crippen molar-refractivity contribution in [2.45, 2.75) is 45.8 Å². The molecule has 0 rings (SSSR count). The Morgan fingerprint density at radius 3 is 2.25 bits per heavy atom. The van der Waals surface area contributed by atoms with Gasteiger partial charge in [0.2, 0.25) is 5.91 Å². The van der Waals surface area contributed by atoms with E-state index < -0.39 is 12.1 Å². The average Bonchev–Trinajstić information content (AvgIpc) is 2.21. The number of hydrogen-bond donors (Lipinski definition) is 1. The molecule has 1 unspecified atom stereocenters. The summed E-state index contributed by atoms with van der Waals surface area (Å²) in [7, 11) is 1.29. The van der Waals surface area contributed by atoms with E-state index in [4.69, 9.17) is 5.11 Å². The van der Waals surface area contributed by atoms with Gasteiger partial charge in [0.1, 0.15) is 6.54 Å². The third-order valence-corrected chi connectivity index (χ3v) is 2.25. The number of hydrogen-bond acceptors (Lipinski definition) is 4. The molecule has 1 N–H and O–H groups in total. The van der Waals surface area contributed by atoms with Crippen molar-refractivity contribution in [3.05, 3.63) is 0 Å². The normalized spacial score (nSPS) is 12.4. The van der Waals surface area contributed by atoms with E-state index in [2.05, 4.69) is 4.74 Å². The maximum absolute atomic E-state index is 11.7. The Kier molecular flexibility index (Phi) is 6.72. The van der Waals surface area contributed by atoms with Crippen LogP contribution in [0.25, 0.3) is 0 Å². The quantitative estimate of drug-likeness (QED) is 0.678. The van der Waals surface area contributed by atoms with Crippen LogP contribution >= 0.6 is 0 Å². The van der Waals surface area contributed by atoms with Gasteiger partial charge in [0.15, 0.2) is 0 Å². The minimum absolute atomic E-state index is 0.0349. The van der Waals surface area contributed by atoms with Crippen LogP contribution in [0.2, 0.25) is 0 Å². The summed E-state index contributed by atoms with van der Waals surface area (Å²) in [5.41, 5.74) is 0. The highest BCUT2D eigenvalue weighted by atomic mass is 16.5. The maximum atomic E-state index is 11.7. The molecular formula is C11H21NO4. The fraction of sp³-hybridized carbons (Fsp3) is 0.818. The van der Waals surface area contributed by atoms with Crippen LogP contribution in [0.5, 0.6) is 0 Å². The van der Waals surface area contributed by atoms with Gasteiger partial charge in [-0.05, 0) is 27.2 Å². The molecule has 0 aliphatic carbocycles. The SMILES string of the molecule is COC(=O)CN(C(=O)CCC(C)O)C(C)C. The van der Waals surface area contributed by atoms with E-state index in [-0.39, 0.29) is 24.9 Å². The van der Waals surface area contributed by atoms with Crippen LogP contribution < -0.4 is 0 Å². The van der Waals surface area contributed by atoms with E-state index in [9.17, 15) is 9.59 Å². The zero-order chi connectivity index (χ0) is 12.7. The molecular weight excluding hydrogens is 210 g/mol. The molecule has 5 heteroatoms. The Labute approximate surface area is 96.4 Å². The Bertz CT molecular complexity index is 238. The standard InChI is InChI=1S/C11H21NO4/c1-8(2)12(7-11(15)16-4)10(14)6-5-9(3)13/h8-9,13H,5-7H2,1-4H3. The number of carbonyl (C=O) groups excluding carboxylic acids is 2. The highest BCUT2D eigenvalue weighted by Gasteiger charge is 2.20. The molecule has 0 heterocycles. The summed E-state index contributed by atoms with van der Waals surface area (Å²) in [4.78, 5) is 24.3. The molecule has 0 aliphatic rings. The van der Waals surface area contributed by atoms with Crippen molar-refractivity contribution in [3.8, 4) is 0 Å². The molecule has 1 atom stereocenters. The van der Waals surface area contributed by atoms with Gasteiger partial charge in [-0.25, -0.2) is 0 Å². The average molecular weight is 231 g/mol. The van der Waals surface area contributed by atoms with Gasteiger partial charge in [-0.3, -0.25) is 9.59 Å². The second kappa shape index (κ2) is 7.22. The summed E-state index contributed by atoms with van der Waals surface area (Å²) in [5.74, 6) is -0.569. The van der Waals surface area contributed by atoms with Gasteiger partial charge < -0.3 is 14.7 Å². The van der Waals surface area contributed by atoms with Crippen molar-refractivity contribution in [3.63, 3.8) is 0 Å². The van der Waals surface area contributed by atoms with Gasteiger partial charge in [-0.15, -0.1) is 0 Å². The summed E-state index contributed by atoms with van der Waals surface area (Å²) in [6, 6.07) is -0.0550. The maximum Gasteiger partial charge on any atom is 0.325 e. The minimum Gasteiger partial charge on any atom is -0.468 e. The summed E-state index contributed by atoms with van der Waals surface area (Å²) >= 11 is 0. The van der Waals surface area contributed by atoms with E-state index in [1.165, 1.54) is 12.0 Å². The van der Waals surface area contributed by atoms with E-state index in [0.29, 0.717) is 6.42 Å². The lowest BCUT2D eigenvalue weighted by Crippen LogP contribution is -2.41. The molecule has 0 saturated heterocycles. The molecule has 0 aromatic heterocycles. The number of amides is 1. The second-order valence-electron chi connectivity index (χ2n) is 4.08.